The van der Waals surface area contributed by atoms with E-state index in [2.05, 4.69) is 37.9 Å². The first-order valence-corrected chi connectivity index (χ1v) is 5.65. The number of hydrogen-bond donors (Lipinski definition) is 1. The Labute approximate surface area is 94.8 Å². The fourth-order valence-electron chi connectivity index (χ4n) is 1.72. The van der Waals surface area contributed by atoms with Gasteiger partial charge in [-0.25, -0.2) is 0 Å². The van der Waals surface area contributed by atoms with Crippen LogP contribution >= 0.6 is 0 Å². The molecule has 15 heavy (non-hydrogen) atoms. The zero-order valence-electron chi connectivity index (χ0n) is 11.0. The minimum atomic E-state index is 0.138. The van der Waals surface area contributed by atoms with E-state index in [9.17, 15) is 0 Å². The van der Waals surface area contributed by atoms with Crippen LogP contribution in [-0.4, -0.2) is 25.8 Å². The summed E-state index contributed by atoms with van der Waals surface area (Å²) in [6.07, 6.45) is 1.04. The predicted molar refractivity (Wildman–Crippen MR) is 65.8 cm³/mol. The highest BCUT2D eigenvalue weighted by atomic mass is 16.5. The molecule has 0 aromatic heterocycles. The Morgan fingerprint density at radius 3 is 2.27 bits per heavy atom. The number of nitrogens with one attached hydrogen (secondary N) is 1. The monoisotopic (exact) mass is 211 g/mol. The highest BCUT2D eigenvalue weighted by molar-refractivity contribution is 5.01. The molecule has 2 atom stereocenters. The molecule has 0 aliphatic heterocycles. The number of ether oxygens (including phenoxy) is 1. The van der Waals surface area contributed by atoms with Crippen molar-refractivity contribution in [3.63, 3.8) is 0 Å². The molecule has 0 aliphatic rings. The largest absolute Gasteiger partial charge is 0.376 e. The molecule has 0 fully saturated rings. The lowest BCUT2D eigenvalue weighted by atomic mass is 9.83. The van der Waals surface area contributed by atoms with Crippen LogP contribution in [0.15, 0.2) is 0 Å². The first-order chi connectivity index (χ1) is 6.97. The highest BCUT2D eigenvalue weighted by Gasteiger charge is 2.31. The van der Waals surface area contributed by atoms with Crippen molar-refractivity contribution in [2.24, 2.45) is 5.41 Å². The summed E-state index contributed by atoms with van der Waals surface area (Å²) in [6, 6.07) is 0.303. The summed E-state index contributed by atoms with van der Waals surface area (Å²) in [5.74, 6) is 6.05. The fourth-order valence-corrected chi connectivity index (χ4v) is 1.72. The van der Waals surface area contributed by atoms with E-state index in [-0.39, 0.29) is 11.5 Å². The zero-order chi connectivity index (χ0) is 11.9. The van der Waals surface area contributed by atoms with Gasteiger partial charge in [0.25, 0.3) is 0 Å². The van der Waals surface area contributed by atoms with E-state index in [0.717, 1.165) is 13.0 Å². The average Bonchev–Trinajstić information content (AvgIpc) is 2.15. The van der Waals surface area contributed by atoms with Crippen LogP contribution in [0.4, 0.5) is 0 Å². The highest BCUT2D eigenvalue weighted by Crippen LogP contribution is 2.26. The second kappa shape index (κ2) is 6.87. The molecule has 1 N–H and O–H groups in total. The molecule has 2 nitrogen and oxygen atoms in total. The molecule has 0 aliphatic carbocycles. The van der Waals surface area contributed by atoms with Crippen molar-refractivity contribution in [3.8, 4) is 11.8 Å². The minimum Gasteiger partial charge on any atom is -0.376 e. The summed E-state index contributed by atoms with van der Waals surface area (Å²) < 4.78 is 5.83. The van der Waals surface area contributed by atoms with Gasteiger partial charge in [-0.2, -0.15) is 0 Å². The van der Waals surface area contributed by atoms with E-state index in [1.54, 1.807) is 0 Å². The van der Waals surface area contributed by atoms with Crippen molar-refractivity contribution >= 4 is 0 Å². The first-order valence-electron chi connectivity index (χ1n) is 5.65. The van der Waals surface area contributed by atoms with Gasteiger partial charge >= 0.3 is 0 Å². The Morgan fingerprint density at radius 2 is 1.93 bits per heavy atom. The van der Waals surface area contributed by atoms with E-state index in [4.69, 9.17) is 4.74 Å². The van der Waals surface area contributed by atoms with Gasteiger partial charge in [-0.1, -0.05) is 20.8 Å². The lowest BCUT2D eigenvalue weighted by molar-refractivity contribution is -0.0330. The number of hydrogen-bond acceptors (Lipinski definition) is 2. The van der Waals surface area contributed by atoms with E-state index in [0.29, 0.717) is 6.04 Å². The molecule has 0 saturated carbocycles. The molecular formula is C13H25NO. The smallest absolute Gasteiger partial charge is 0.0785 e. The molecule has 0 bridgehead atoms. The molecule has 2 unspecified atom stereocenters. The molecule has 0 radical (unpaired) electrons. The van der Waals surface area contributed by atoms with Crippen molar-refractivity contribution in [3.05, 3.63) is 0 Å². The van der Waals surface area contributed by atoms with Crippen LogP contribution in [0, 0.1) is 17.3 Å². The molecule has 0 spiro atoms. The third kappa shape index (κ3) is 5.20. The number of likely N-dealkylation sites (N-methyl/N-ethyl adjacent to an activating group) is 1. The second-order valence-corrected chi connectivity index (χ2v) is 4.77. The van der Waals surface area contributed by atoms with Crippen LogP contribution in [0.25, 0.3) is 0 Å². The number of rotatable bonds is 5. The van der Waals surface area contributed by atoms with Gasteiger partial charge in [0.2, 0.25) is 0 Å². The third-order valence-corrected chi connectivity index (χ3v) is 2.43. The average molecular weight is 211 g/mol. The van der Waals surface area contributed by atoms with E-state index >= 15 is 0 Å². The SMILES string of the molecule is CC#CCC(NC)C(OCC)C(C)(C)C. The lowest BCUT2D eigenvalue weighted by Gasteiger charge is -2.36. The summed E-state index contributed by atoms with van der Waals surface area (Å²) in [6.45, 7) is 11.3. The van der Waals surface area contributed by atoms with Crippen LogP contribution in [-0.2, 0) is 4.74 Å². The third-order valence-electron chi connectivity index (χ3n) is 2.43. The Balaban J connectivity index is 4.59. The Morgan fingerprint density at radius 1 is 1.33 bits per heavy atom. The summed E-state index contributed by atoms with van der Waals surface area (Å²) in [5.41, 5.74) is 0.138. The summed E-state index contributed by atoms with van der Waals surface area (Å²) in [5, 5.41) is 3.30. The van der Waals surface area contributed by atoms with Gasteiger partial charge in [0.1, 0.15) is 0 Å². The van der Waals surface area contributed by atoms with Crippen LogP contribution < -0.4 is 5.32 Å². The molecule has 2 heteroatoms. The maximum absolute atomic E-state index is 5.83. The van der Waals surface area contributed by atoms with Gasteiger partial charge in [-0.15, -0.1) is 11.8 Å². The quantitative estimate of drug-likeness (QED) is 0.705. The Kier molecular flexibility index (Phi) is 6.63. The van der Waals surface area contributed by atoms with Crippen molar-refractivity contribution < 1.29 is 4.74 Å². The summed E-state index contributed by atoms with van der Waals surface area (Å²) in [7, 11) is 1.97. The molecule has 0 aromatic rings. The van der Waals surface area contributed by atoms with Gasteiger partial charge < -0.3 is 10.1 Å². The summed E-state index contributed by atoms with van der Waals surface area (Å²) in [4.78, 5) is 0. The van der Waals surface area contributed by atoms with Crippen molar-refractivity contribution in [2.75, 3.05) is 13.7 Å². The molecular weight excluding hydrogens is 186 g/mol. The molecule has 88 valence electrons. The van der Waals surface area contributed by atoms with E-state index in [1.165, 1.54) is 0 Å². The van der Waals surface area contributed by atoms with Crippen LogP contribution in [0.3, 0.4) is 0 Å². The van der Waals surface area contributed by atoms with Crippen LogP contribution in [0.2, 0.25) is 0 Å². The fraction of sp³-hybridized carbons (Fsp3) is 0.846. The maximum atomic E-state index is 5.83. The van der Waals surface area contributed by atoms with Gasteiger partial charge in [0.05, 0.1) is 6.10 Å². The van der Waals surface area contributed by atoms with Gasteiger partial charge in [-0.05, 0) is 26.3 Å². The van der Waals surface area contributed by atoms with Gasteiger partial charge in [0, 0.05) is 19.1 Å². The standard InChI is InChI=1S/C13H25NO/c1-7-9-10-11(14-6)12(15-8-2)13(3,4)5/h11-12,14H,8,10H2,1-6H3. The maximum Gasteiger partial charge on any atom is 0.0785 e. The van der Waals surface area contributed by atoms with E-state index < -0.39 is 0 Å². The predicted octanol–water partition coefficient (Wildman–Crippen LogP) is 2.44. The van der Waals surface area contributed by atoms with Crippen LogP contribution in [0.5, 0.6) is 0 Å². The minimum absolute atomic E-state index is 0.138. The molecule has 0 saturated heterocycles. The van der Waals surface area contributed by atoms with Crippen molar-refractivity contribution in [1.82, 2.24) is 5.32 Å². The molecule has 0 heterocycles. The molecule has 0 aromatic carbocycles. The van der Waals surface area contributed by atoms with Gasteiger partial charge in [0.15, 0.2) is 0 Å². The Hall–Kier alpha value is -0.520. The summed E-state index contributed by atoms with van der Waals surface area (Å²) >= 11 is 0. The van der Waals surface area contributed by atoms with Crippen molar-refractivity contribution in [2.45, 2.75) is 53.2 Å². The lowest BCUT2D eigenvalue weighted by Crippen LogP contribution is -2.46. The normalized spacial score (nSPS) is 15.3. The topological polar surface area (TPSA) is 21.3 Å². The van der Waals surface area contributed by atoms with Crippen LogP contribution in [0.1, 0.15) is 41.0 Å². The Bertz CT molecular complexity index is 219. The van der Waals surface area contributed by atoms with Gasteiger partial charge in [-0.3, -0.25) is 0 Å². The zero-order valence-corrected chi connectivity index (χ0v) is 11.0. The first kappa shape index (κ1) is 14.5. The molecule has 0 rings (SSSR count). The van der Waals surface area contributed by atoms with E-state index in [1.807, 2.05) is 20.9 Å². The second-order valence-electron chi connectivity index (χ2n) is 4.77. The molecule has 0 amide bonds. The van der Waals surface area contributed by atoms with Crippen molar-refractivity contribution in [1.29, 1.82) is 0 Å².